The Labute approximate surface area is 654 Å². The number of carbonyl (C=O) groups is 3. The molecule has 12 saturated carbocycles. The first-order chi connectivity index (χ1) is 46.7. The van der Waals surface area contributed by atoms with Crippen LogP contribution in [0.2, 0.25) is 0 Å². The van der Waals surface area contributed by atoms with Crippen molar-refractivity contribution in [3.63, 3.8) is 0 Å². The van der Waals surface area contributed by atoms with E-state index in [0.29, 0.717) is 72.6 Å². The molecule has 6 aromatic rings. The molecule has 97 heavy (non-hydrogen) atoms. The van der Waals surface area contributed by atoms with Crippen LogP contribution in [0.15, 0.2) is 124 Å². The minimum Gasteiger partial charge on any atom is -0.489 e. The third kappa shape index (κ3) is 14.9. The largest absolute Gasteiger partial charge is 0.489 e. The van der Waals surface area contributed by atoms with E-state index in [1.807, 2.05) is 36.4 Å². The van der Waals surface area contributed by atoms with Crippen molar-refractivity contribution in [3.05, 3.63) is 147 Å². The average Bonchev–Trinajstić information content (AvgIpc) is 0.745. The molecule has 0 saturated heterocycles. The molecular weight excluding hydrogens is 1920 g/mol. The molecule has 19 heteroatoms. The monoisotopic (exact) mass is 2000 g/mol. The zero-order chi connectivity index (χ0) is 67.1. The summed E-state index contributed by atoms with van der Waals surface area (Å²) in [6.45, 7) is 7.24. The van der Waals surface area contributed by atoms with E-state index in [0.717, 1.165) is 106 Å². The van der Waals surface area contributed by atoms with Crippen LogP contribution in [0.3, 0.4) is 0 Å². The van der Waals surface area contributed by atoms with E-state index in [1.54, 1.807) is 0 Å². The Morgan fingerprint density at radius 1 is 0.330 bits per heavy atom. The van der Waals surface area contributed by atoms with E-state index < -0.39 is 27.7 Å². The zero-order valence-electron chi connectivity index (χ0n) is 54.7. The van der Waals surface area contributed by atoms with Gasteiger partial charge in [0.15, 0.2) is 34.5 Å². The lowest BCUT2D eigenvalue weighted by molar-refractivity contribution is -0.205. The van der Waals surface area contributed by atoms with Gasteiger partial charge in [-0.25, -0.2) is 14.4 Å². The van der Waals surface area contributed by atoms with Crippen LogP contribution in [0, 0.1) is 92.4 Å². The molecule has 12 nitrogen and oxygen atoms in total. The van der Waals surface area contributed by atoms with Gasteiger partial charge in [-0.2, -0.15) is 0 Å². The van der Waals surface area contributed by atoms with Crippen LogP contribution in [-0.4, -0.2) is 54.5 Å². The average molecular weight is 2000 g/mol. The van der Waals surface area contributed by atoms with Crippen molar-refractivity contribution >= 4 is 164 Å². The Morgan fingerprint density at radius 2 is 0.536 bits per heavy atom. The third-order valence-corrected chi connectivity index (χ3v) is 30.9. The second-order valence-corrected chi connectivity index (χ2v) is 39.0. The summed E-state index contributed by atoms with van der Waals surface area (Å²) in [6, 6.07) is 37.4. The minimum absolute atomic E-state index is 0.115. The highest BCUT2D eigenvalue weighted by Crippen LogP contribution is 2.62. The van der Waals surface area contributed by atoms with Crippen LogP contribution in [0.4, 0.5) is 0 Å². The predicted octanol–water partition coefficient (Wildman–Crippen LogP) is 19.6. The van der Waals surface area contributed by atoms with Gasteiger partial charge < -0.3 is 42.6 Å². The third-order valence-electron chi connectivity index (χ3n) is 23.9. The lowest BCUT2D eigenvalue weighted by Crippen LogP contribution is -2.58. The number of hydrogen-bond acceptors (Lipinski definition) is 12. The lowest BCUT2D eigenvalue weighted by atomic mass is 9.50. The van der Waals surface area contributed by atoms with E-state index in [1.165, 1.54) is 96.3 Å². The summed E-state index contributed by atoms with van der Waals surface area (Å²) in [6.07, 6.45) is 18.2. The van der Waals surface area contributed by atoms with Gasteiger partial charge in [0, 0.05) is 0 Å². The Bertz CT molecular complexity index is 3400. The number of carbonyl (C=O) groups excluding carboxylic acids is 3. The van der Waals surface area contributed by atoms with Crippen LogP contribution in [0.1, 0.15) is 134 Å². The molecule has 0 unspecified atom stereocenters. The quantitative estimate of drug-likeness (QED) is 0.0247. The molecule has 6 aromatic carbocycles. The summed E-state index contributed by atoms with van der Waals surface area (Å²) >= 11 is 13.7. The van der Waals surface area contributed by atoms with Crippen LogP contribution in [-0.2, 0) is 59.3 Å². The fraction of sp³-hybridized carbons (Fsp3) is 0.500. The van der Waals surface area contributed by atoms with Crippen molar-refractivity contribution < 1.29 is 57.0 Å². The molecule has 512 valence electrons. The number of ether oxygens (including phenoxy) is 9. The van der Waals surface area contributed by atoms with Gasteiger partial charge >= 0.3 is 17.9 Å². The van der Waals surface area contributed by atoms with Gasteiger partial charge in [0.1, 0.15) is 71.1 Å². The second-order valence-electron chi connectivity index (χ2n) is 30.0. The summed E-state index contributed by atoms with van der Waals surface area (Å²) in [5, 5.41) is 0. The van der Waals surface area contributed by atoms with Gasteiger partial charge in [-0.05, 0) is 450 Å². The highest BCUT2D eigenvalue weighted by molar-refractivity contribution is 14.1. The highest BCUT2D eigenvalue weighted by Gasteiger charge is 2.60. The molecule has 0 N–H and O–H groups in total. The summed E-state index contributed by atoms with van der Waals surface area (Å²) in [4.78, 5) is 43.5. The van der Waals surface area contributed by atoms with E-state index in [-0.39, 0.29) is 37.7 Å². The fourth-order valence-corrected chi connectivity index (χ4v) is 28.2. The van der Waals surface area contributed by atoms with E-state index in [2.05, 4.69) is 229 Å². The van der Waals surface area contributed by atoms with Gasteiger partial charge in [0.25, 0.3) is 0 Å². The Hall–Kier alpha value is -2.74. The molecule has 12 aliphatic rings. The predicted molar refractivity (Wildman–Crippen MR) is 421 cm³/mol. The number of hydrogen-bond donors (Lipinski definition) is 0. The standard InChI is InChI=1S/C78H81I6O12S/c1-76(52-19-43-16-44(21-52)22-53(76)20-43)94-70(85)40-91-73-64(79)31-49(32-65(73)80)37-88-58-4-10-61(11-5-58)97(62-12-6-59(7-13-62)89-38-50-33-66(81)74(67(82)34-50)92-41-71(86)95-77(2)54-23-45-17-46(25-54)26-55(77)24-45)63-14-8-60(9-15-63)90-39-51-35-68(83)75(69(84)36-51)93-42-72(87)96-78(3)56-27-47-18-48(29-56)30-57(78)28-47/h4-15,31-36,43-48,52-57H,16-30,37-42H2,1-3H3/q+1. The van der Waals surface area contributed by atoms with Crippen molar-refractivity contribution in [3.8, 4) is 34.5 Å². The van der Waals surface area contributed by atoms with Gasteiger partial charge in [-0.15, -0.1) is 0 Å². The Morgan fingerprint density at radius 3 is 0.742 bits per heavy atom. The molecule has 0 amide bonds. The maximum absolute atomic E-state index is 13.4. The molecule has 0 radical (unpaired) electrons. The van der Waals surface area contributed by atoms with Crippen LogP contribution in [0.25, 0.3) is 0 Å². The molecule has 12 bridgehead atoms. The van der Waals surface area contributed by atoms with Gasteiger partial charge in [0.05, 0.1) is 32.3 Å². The molecule has 0 aliphatic heterocycles. The van der Waals surface area contributed by atoms with Gasteiger partial charge in [-0.1, -0.05) is 0 Å². The lowest BCUT2D eigenvalue weighted by Gasteiger charge is -2.59. The van der Waals surface area contributed by atoms with Crippen molar-refractivity contribution in [2.75, 3.05) is 19.8 Å². The first kappa shape index (κ1) is 69.9. The zero-order valence-corrected chi connectivity index (χ0v) is 68.5. The van der Waals surface area contributed by atoms with Crippen molar-refractivity contribution in [1.82, 2.24) is 0 Å². The summed E-state index contributed by atoms with van der Waals surface area (Å²) in [5.74, 6) is 11.0. The number of rotatable bonds is 24. The SMILES string of the molecule is CC1(OC(=O)COc2c(I)cc(COc3ccc([S+](c4ccc(OCc5cc(I)c(OCC(=O)OC6(C)C7CC8CC(C7)CC6C8)c(I)c5)cc4)c4ccc(OCc5cc(I)c(OCC(=O)OC6(C)C7CC8CC(C7)CC6C8)c(I)c5)cc4)cc3)cc2I)C2CC3CC(C2)CC1C3. The summed E-state index contributed by atoms with van der Waals surface area (Å²) < 4.78 is 62.4. The summed E-state index contributed by atoms with van der Waals surface area (Å²) in [5.41, 5.74) is 1.81. The Balaban J connectivity index is 0.589. The molecule has 12 fully saturated rings. The van der Waals surface area contributed by atoms with Gasteiger partial charge in [-0.3, -0.25) is 0 Å². The molecular formula is C78H81I6O12S+. The molecule has 12 aliphatic carbocycles. The maximum Gasteiger partial charge on any atom is 0.344 e. The molecule has 0 aromatic heterocycles. The first-order valence-corrected chi connectivity index (χ1v) is 42.3. The molecule has 18 rings (SSSR count). The maximum atomic E-state index is 13.4. The minimum atomic E-state index is -0.534. The number of halogens is 6. The smallest absolute Gasteiger partial charge is 0.344 e. The number of benzene rings is 6. The highest BCUT2D eigenvalue weighted by atomic mass is 127. The topological polar surface area (TPSA) is 134 Å². The van der Waals surface area contributed by atoms with Crippen LogP contribution < -0.4 is 28.4 Å². The van der Waals surface area contributed by atoms with Gasteiger partial charge in [0.2, 0.25) is 0 Å². The van der Waals surface area contributed by atoms with E-state index >= 15 is 0 Å². The molecule has 0 atom stereocenters. The van der Waals surface area contributed by atoms with Crippen molar-refractivity contribution in [2.45, 2.75) is 168 Å². The Kier molecular flexibility index (Phi) is 21.0. The van der Waals surface area contributed by atoms with Crippen LogP contribution >= 0.6 is 136 Å². The van der Waals surface area contributed by atoms with Crippen LogP contribution in [0.5, 0.6) is 34.5 Å². The molecule has 0 heterocycles. The second kappa shape index (κ2) is 29.1. The van der Waals surface area contributed by atoms with Crippen molar-refractivity contribution in [2.24, 2.45) is 71.0 Å². The first-order valence-electron chi connectivity index (χ1n) is 34.6. The van der Waals surface area contributed by atoms with E-state index in [4.69, 9.17) is 42.6 Å². The normalized spacial score (nSPS) is 30.8. The van der Waals surface area contributed by atoms with Crippen molar-refractivity contribution in [1.29, 1.82) is 0 Å². The number of esters is 3. The van der Waals surface area contributed by atoms with E-state index in [9.17, 15) is 14.4 Å². The molecule has 0 spiro atoms. The summed E-state index contributed by atoms with van der Waals surface area (Å²) in [7, 11) is -0.534. The fourth-order valence-electron chi connectivity index (χ4n) is 19.5.